The Morgan fingerprint density at radius 2 is 1.95 bits per heavy atom. The molecule has 3 nitrogen and oxygen atoms in total. The molecule has 21 heavy (non-hydrogen) atoms. The molecule has 1 heterocycles. The summed E-state index contributed by atoms with van der Waals surface area (Å²) in [7, 11) is 0. The lowest BCUT2D eigenvalue weighted by atomic mass is 10.1. The highest BCUT2D eigenvalue weighted by Crippen LogP contribution is 2.20. The Bertz CT molecular complexity index is 855. The SMILES string of the molecule is Cc1cc(Cl)ccc1NCc1cc2ccccc2oc1=O. The number of hydrogen-bond acceptors (Lipinski definition) is 3. The molecule has 0 aliphatic rings. The van der Waals surface area contributed by atoms with Crippen LogP contribution in [0.15, 0.2) is 57.7 Å². The van der Waals surface area contributed by atoms with Gasteiger partial charge in [-0.1, -0.05) is 29.8 Å². The van der Waals surface area contributed by atoms with Crippen LogP contribution in [0.4, 0.5) is 5.69 Å². The highest BCUT2D eigenvalue weighted by atomic mass is 35.5. The molecule has 0 saturated heterocycles. The van der Waals surface area contributed by atoms with Crippen molar-refractivity contribution in [2.75, 3.05) is 5.32 Å². The van der Waals surface area contributed by atoms with Crippen LogP contribution in [0.25, 0.3) is 11.0 Å². The Kier molecular flexibility index (Phi) is 3.67. The molecule has 0 atom stereocenters. The van der Waals surface area contributed by atoms with E-state index in [2.05, 4.69) is 5.32 Å². The minimum absolute atomic E-state index is 0.312. The van der Waals surface area contributed by atoms with Gasteiger partial charge in [-0.25, -0.2) is 4.79 Å². The lowest BCUT2D eigenvalue weighted by Crippen LogP contribution is -2.12. The summed E-state index contributed by atoms with van der Waals surface area (Å²) in [5.74, 6) is 0. The van der Waals surface area contributed by atoms with Gasteiger partial charge in [-0.05, 0) is 42.8 Å². The summed E-state index contributed by atoms with van der Waals surface area (Å²) in [6, 6.07) is 14.9. The molecule has 2 aromatic carbocycles. The van der Waals surface area contributed by atoms with Crippen LogP contribution in [0.1, 0.15) is 11.1 Å². The number of anilines is 1. The van der Waals surface area contributed by atoms with Crippen molar-refractivity contribution in [2.24, 2.45) is 0 Å². The van der Waals surface area contributed by atoms with E-state index in [0.29, 0.717) is 22.7 Å². The van der Waals surface area contributed by atoms with Crippen molar-refractivity contribution in [2.45, 2.75) is 13.5 Å². The molecule has 0 saturated carbocycles. The zero-order valence-corrected chi connectivity index (χ0v) is 12.3. The average molecular weight is 300 g/mol. The summed E-state index contributed by atoms with van der Waals surface area (Å²) in [4.78, 5) is 12.0. The number of halogens is 1. The van der Waals surface area contributed by atoms with Gasteiger partial charge in [-0.2, -0.15) is 0 Å². The zero-order valence-electron chi connectivity index (χ0n) is 11.5. The molecular weight excluding hydrogens is 286 g/mol. The molecule has 4 heteroatoms. The first-order valence-corrected chi connectivity index (χ1v) is 7.03. The van der Waals surface area contributed by atoms with E-state index in [0.717, 1.165) is 16.6 Å². The van der Waals surface area contributed by atoms with Gasteiger partial charge in [-0.3, -0.25) is 0 Å². The van der Waals surface area contributed by atoms with Gasteiger partial charge < -0.3 is 9.73 Å². The molecule has 0 radical (unpaired) electrons. The Hall–Kier alpha value is -2.26. The van der Waals surface area contributed by atoms with E-state index in [-0.39, 0.29) is 5.63 Å². The summed E-state index contributed by atoms with van der Waals surface area (Å²) >= 11 is 5.93. The van der Waals surface area contributed by atoms with Gasteiger partial charge in [0.2, 0.25) is 0 Å². The van der Waals surface area contributed by atoms with E-state index in [1.807, 2.05) is 49.4 Å². The molecule has 0 aliphatic heterocycles. The third kappa shape index (κ3) is 2.93. The minimum atomic E-state index is -0.312. The first kappa shape index (κ1) is 13.7. The van der Waals surface area contributed by atoms with Crippen molar-refractivity contribution in [3.63, 3.8) is 0 Å². The normalized spacial score (nSPS) is 10.8. The fourth-order valence-corrected chi connectivity index (χ4v) is 2.47. The molecule has 0 aliphatic carbocycles. The summed E-state index contributed by atoms with van der Waals surface area (Å²) < 4.78 is 5.31. The van der Waals surface area contributed by atoms with Crippen molar-refractivity contribution >= 4 is 28.3 Å². The second-order valence-corrected chi connectivity index (χ2v) is 5.35. The third-order valence-electron chi connectivity index (χ3n) is 3.37. The van der Waals surface area contributed by atoms with E-state index in [1.165, 1.54) is 0 Å². The fourth-order valence-electron chi connectivity index (χ4n) is 2.24. The maximum absolute atomic E-state index is 12.0. The van der Waals surface area contributed by atoms with Gasteiger partial charge in [0.25, 0.3) is 0 Å². The van der Waals surface area contributed by atoms with E-state index >= 15 is 0 Å². The van der Waals surface area contributed by atoms with E-state index < -0.39 is 0 Å². The predicted molar refractivity (Wildman–Crippen MR) is 86.0 cm³/mol. The monoisotopic (exact) mass is 299 g/mol. The molecule has 3 rings (SSSR count). The van der Waals surface area contributed by atoms with Crippen molar-refractivity contribution < 1.29 is 4.42 Å². The molecule has 1 N–H and O–H groups in total. The molecule has 3 aromatic rings. The number of para-hydroxylation sites is 1. The van der Waals surface area contributed by atoms with Gasteiger partial charge in [-0.15, -0.1) is 0 Å². The van der Waals surface area contributed by atoms with Crippen molar-refractivity contribution in [3.05, 3.63) is 75.1 Å². The van der Waals surface area contributed by atoms with Crippen LogP contribution in [0.5, 0.6) is 0 Å². The van der Waals surface area contributed by atoms with Crippen LogP contribution in [0.2, 0.25) is 5.02 Å². The Morgan fingerprint density at radius 3 is 2.76 bits per heavy atom. The molecule has 0 spiro atoms. The number of benzene rings is 2. The predicted octanol–water partition coefficient (Wildman–Crippen LogP) is 4.37. The number of fused-ring (bicyclic) bond motifs is 1. The van der Waals surface area contributed by atoms with Gasteiger partial charge in [0.15, 0.2) is 0 Å². The average Bonchev–Trinajstić information content (AvgIpc) is 2.46. The third-order valence-corrected chi connectivity index (χ3v) is 3.61. The lowest BCUT2D eigenvalue weighted by Gasteiger charge is -2.09. The number of rotatable bonds is 3. The van der Waals surface area contributed by atoms with Gasteiger partial charge >= 0.3 is 5.63 Å². The maximum Gasteiger partial charge on any atom is 0.341 e. The van der Waals surface area contributed by atoms with Crippen molar-refractivity contribution in [1.82, 2.24) is 0 Å². The summed E-state index contributed by atoms with van der Waals surface area (Å²) in [5, 5.41) is 4.86. The van der Waals surface area contributed by atoms with Crippen LogP contribution in [-0.4, -0.2) is 0 Å². The number of nitrogens with one attached hydrogen (secondary N) is 1. The molecule has 0 fully saturated rings. The molecule has 106 valence electrons. The highest BCUT2D eigenvalue weighted by Gasteiger charge is 2.06. The van der Waals surface area contributed by atoms with Gasteiger partial charge in [0.05, 0.1) is 5.56 Å². The van der Waals surface area contributed by atoms with E-state index in [9.17, 15) is 4.79 Å². The van der Waals surface area contributed by atoms with Crippen molar-refractivity contribution in [3.8, 4) is 0 Å². The Labute approximate surface area is 127 Å². The maximum atomic E-state index is 12.0. The first-order chi connectivity index (χ1) is 10.1. The Morgan fingerprint density at radius 1 is 1.14 bits per heavy atom. The van der Waals surface area contributed by atoms with Crippen molar-refractivity contribution in [1.29, 1.82) is 0 Å². The topological polar surface area (TPSA) is 42.2 Å². The standard InChI is InChI=1S/C17H14ClNO2/c1-11-8-14(18)6-7-15(11)19-10-13-9-12-4-2-3-5-16(12)21-17(13)20/h2-9,19H,10H2,1H3. The molecule has 0 amide bonds. The Balaban J connectivity index is 1.88. The second kappa shape index (κ2) is 5.62. The van der Waals surface area contributed by atoms with E-state index in [4.69, 9.17) is 16.0 Å². The smallest absolute Gasteiger partial charge is 0.341 e. The summed E-state index contributed by atoms with van der Waals surface area (Å²) in [6.45, 7) is 2.38. The highest BCUT2D eigenvalue weighted by molar-refractivity contribution is 6.30. The van der Waals surface area contributed by atoms with Crippen LogP contribution in [-0.2, 0) is 6.54 Å². The van der Waals surface area contributed by atoms with Crippen LogP contribution in [0.3, 0.4) is 0 Å². The molecule has 0 unspecified atom stereocenters. The summed E-state index contributed by atoms with van der Waals surface area (Å²) in [5.41, 5.74) is 2.88. The largest absolute Gasteiger partial charge is 0.422 e. The number of hydrogen-bond donors (Lipinski definition) is 1. The summed E-state index contributed by atoms with van der Waals surface area (Å²) in [6.07, 6.45) is 0. The first-order valence-electron chi connectivity index (χ1n) is 6.65. The minimum Gasteiger partial charge on any atom is -0.422 e. The van der Waals surface area contributed by atoms with Crippen LogP contribution >= 0.6 is 11.6 Å². The quantitative estimate of drug-likeness (QED) is 0.730. The van der Waals surface area contributed by atoms with Gasteiger partial charge in [0.1, 0.15) is 5.58 Å². The molecule has 1 aromatic heterocycles. The second-order valence-electron chi connectivity index (χ2n) is 4.91. The van der Waals surface area contributed by atoms with Crippen LogP contribution < -0.4 is 10.9 Å². The number of aryl methyl sites for hydroxylation is 1. The van der Waals surface area contributed by atoms with E-state index in [1.54, 1.807) is 6.07 Å². The zero-order chi connectivity index (χ0) is 14.8. The fraction of sp³-hybridized carbons (Fsp3) is 0.118. The molecule has 0 bridgehead atoms. The lowest BCUT2D eigenvalue weighted by molar-refractivity contribution is 0.552. The van der Waals surface area contributed by atoms with Crippen LogP contribution in [0, 0.1) is 6.92 Å². The molecular formula is C17H14ClNO2. The van der Waals surface area contributed by atoms with Gasteiger partial charge in [0, 0.05) is 22.6 Å².